The van der Waals surface area contributed by atoms with E-state index >= 15 is 0 Å². The van der Waals surface area contributed by atoms with Crippen LogP contribution in [-0.2, 0) is 0 Å². The van der Waals surface area contributed by atoms with Crippen LogP contribution in [0.15, 0.2) is 65.1 Å². The Bertz CT molecular complexity index is 1060. The van der Waals surface area contributed by atoms with Crippen molar-refractivity contribution >= 4 is 39.1 Å². The van der Waals surface area contributed by atoms with Gasteiger partial charge in [-0.1, -0.05) is 40.2 Å². The molecule has 0 atom stereocenters. The van der Waals surface area contributed by atoms with E-state index in [4.69, 9.17) is 0 Å². The highest BCUT2D eigenvalue weighted by Crippen LogP contribution is 2.29. The van der Waals surface area contributed by atoms with Gasteiger partial charge in [-0.2, -0.15) is 0 Å². The molecule has 4 nitrogen and oxygen atoms in total. The number of halogens is 2. The summed E-state index contributed by atoms with van der Waals surface area (Å²) in [6.45, 7) is 0.986. The first-order valence-electron chi connectivity index (χ1n) is 9.72. The van der Waals surface area contributed by atoms with Gasteiger partial charge in [0.05, 0.1) is 10.4 Å². The van der Waals surface area contributed by atoms with E-state index in [9.17, 15) is 14.0 Å². The Morgan fingerprint density at radius 2 is 1.70 bits per heavy atom. The second-order valence-corrected chi connectivity index (χ2v) is 9.19. The van der Waals surface area contributed by atoms with E-state index in [1.807, 2.05) is 36.4 Å². The van der Waals surface area contributed by atoms with Crippen molar-refractivity contribution in [3.05, 3.63) is 81.4 Å². The number of hydrogen-bond acceptors (Lipinski definition) is 3. The van der Waals surface area contributed by atoms with Gasteiger partial charge in [-0.3, -0.25) is 9.59 Å². The molecule has 2 heterocycles. The first-order valence-corrected chi connectivity index (χ1v) is 11.3. The smallest absolute Gasteiger partial charge is 0.261 e. The highest BCUT2D eigenvalue weighted by Gasteiger charge is 2.26. The number of nitrogens with zero attached hydrogens (tertiary/aromatic N) is 1. The minimum Gasteiger partial charge on any atom is -0.348 e. The zero-order valence-corrected chi connectivity index (χ0v) is 18.5. The summed E-state index contributed by atoms with van der Waals surface area (Å²) in [5.41, 5.74) is 1.17. The van der Waals surface area contributed by atoms with Gasteiger partial charge in [0, 0.05) is 28.5 Å². The fraction of sp³-hybridized carbons (Fsp3) is 0.217. The molecule has 154 valence electrons. The lowest BCUT2D eigenvalue weighted by molar-refractivity contribution is 0.0694. The molecule has 1 aliphatic heterocycles. The van der Waals surface area contributed by atoms with E-state index in [0.717, 1.165) is 14.9 Å². The zero-order valence-electron chi connectivity index (χ0n) is 16.1. The molecule has 2 amide bonds. The normalized spacial score (nSPS) is 14.5. The molecule has 7 heteroatoms. The maximum Gasteiger partial charge on any atom is 0.261 e. The lowest BCUT2D eigenvalue weighted by atomic mass is 10.0. The molecule has 4 rings (SSSR count). The summed E-state index contributed by atoms with van der Waals surface area (Å²) in [6, 6.07) is 17.8. The molecule has 3 aromatic rings. The van der Waals surface area contributed by atoms with Gasteiger partial charge < -0.3 is 10.2 Å². The highest BCUT2D eigenvalue weighted by molar-refractivity contribution is 9.10. The van der Waals surface area contributed by atoms with Crippen LogP contribution in [0.1, 0.15) is 32.9 Å². The summed E-state index contributed by atoms with van der Waals surface area (Å²) in [4.78, 5) is 28.5. The van der Waals surface area contributed by atoms with Crippen molar-refractivity contribution in [2.45, 2.75) is 18.9 Å². The van der Waals surface area contributed by atoms with Gasteiger partial charge in [0.25, 0.3) is 11.8 Å². The van der Waals surface area contributed by atoms with Gasteiger partial charge in [-0.05, 0) is 54.8 Å². The SMILES string of the molecule is O=C(NC1CCN(C(=O)c2ccccc2F)CC1)c1ccc(-c2ccc(Br)cc2)s1. The molecule has 0 radical (unpaired) electrons. The summed E-state index contributed by atoms with van der Waals surface area (Å²) in [7, 11) is 0. The standard InChI is InChI=1S/C23H20BrFN2O2S/c24-16-7-5-15(6-8-16)20-9-10-21(30-20)22(28)26-17-11-13-27(14-12-17)23(29)18-3-1-2-4-19(18)25/h1-10,17H,11-14H2,(H,26,28). The van der Waals surface area contributed by atoms with Crippen molar-refractivity contribution in [2.24, 2.45) is 0 Å². The highest BCUT2D eigenvalue weighted by atomic mass is 79.9. The fourth-order valence-corrected chi connectivity index (χ4v) is 4.70. The second-order valence-electron chi connectivity index (χ2n) is 7.19. The molecule has 0 bridgehead atoms. The molecule has 1 aromatic heterocycles. The van der Waals surface area contributed by atoms with E-state index in [-0.39, 0.29) is 23.4 Å². The molecule has 1 saturated heterocycles. The Morgan fingerprint density at radius 1 is 1.00 bits per heavy atom. The largest absolute Gasteiger partial charge is 0.348 e. The van der Waals surface area contributed by atoms with Crippen LogP contribution in [0.2, 0.25) is 0 Å². The third-order valence-electron chi connectivity index (χ3n) is 5.18. The van der Waals surface area contributed by atoms with E-state index in [2.05, 4.69) is 21.2 Å². The lowest BCUT2D eigenvalue weighted by Gasteiger charge is -2.32. The first kappa shape index (κ1) is 20.8. The second kappa shape index (κ2) is 9.10. The first-order chi connectivity index (χ1) is 14.5. The monoisotopic (exact) mass is 486 g/mol. The fourth-order valence-electron chi connectivity index (χ4n) is 3.52. The zero-order chi connectivity index (χ0) is 21.1. The van der Waals surface area contributed by atoms with Crippen LogP contribution in [0, 0.1) is 5.82 Å². The van der Waals surface area contributed by atoms with Crippen molar-refractivity contribution < 1.29 is 14.0 Å². The van der Waals surface area contributed by atoms with E-state index in [1.165, 1.54) is 23.5 Å². The topological polar surface area (TPSA) is 49.4 Å². The molecule has 0 spiro atoms. The van der Waals surface area contributed by atoms with E-state index < -0.39 is 5.82 Å². The average Bonchev–Trinajstić information content (AvgIpc) is 3.25. The number of benzene rings is 2. The van der Waals surface area contributed by atoms with E-state index in [0.29, 0.717) is 30.8 Å². The predicted molar refractivity (Wildman–Crippen MR) is 120 cm³/mol. The molecule has 1 fully saturated rings. The number of carbonyl (C=O) groups is 2. The molecule has 2 aromatic carbocycles. The maximum atomic E-state index is 13.9. The minimum absolute atomic E-state index is 0.000371. The number of piperidine rings is 1. The number of thiophene rings is 1. The number of likely N-dealkylation sites (tertiary alicyclic amines) is 1. The third kappa shape index (κ3) is 4.63. The van der Waals surface area contributed by atoms with Gasteiger partial charge in [0.1, 0.15) is 5.82 Å². The van der Waals surface area contributed by atoms with E-state index in [1.54, 1.807) is 17.0 Å². The number of rotatable bonds is 4. The van der Waals surface area contributed by atoms with Crippen LogP contribution in [0.5, 0.6) is 0 Å². The van der Waals surface area contributed by atoms with Gasteiger partial charge in [0.2, 0.25) is 0 Å². The van der Waals surface area contributed by atoms with Crippen LogP contribution >= 0.6 is 27.3 Å². The van der Waals surface area contributed by atoms with Gasteiger partial charge in [0.15, 0.2) is 0 Å². The Labute approximate surface area is 186 Å². The number of carbonyl (C=O) groups excluding carboxylic acids is 2. The summed E-state index contributed by atoms with van der Waals surface area (Å²) >= 11 is 4.89. The molecule has 0 aliphatic carbocycles. The van der Waals surface area contributed by atoms with Crippen molar-refractivity contribution in [3.8, 4) is 10.4 Å². The number of hydrogen-bond donors (Lipinski definition) is 1. The van der Waals surface area contributed by atoms with Crippen molar-refractivity contribution in [3.63, 3.8) is 0 Å². The summed E-state index contributed by atoms with van der Waals surface area (Å²) in [5, 5.41) is 3.07. The summed E-state index contributed by atoms with van der Waals surface area (Å²) in [6.07, 6.45) is 1.30. The maximum absolute atomic E-state index is 13.9. The Kier molecular flexibility index (Phi) is 6.29. The van der Waals surface area contributed by atoms with Crippen LogP contribution in [-0.4, -0.2) is 35.8 Å². The Balaban J connectivity index is 1.33. The average molecular weight is 487 g/mol. The third-order valence-corrected chi connectivity index (χ3v) is 6.84. The summed E-state index contributed by atoms with van der Waals surface area (Å²) in [5.74, 6) is -0.894. The minimum atomic E-state index is -0.503. The summed E-state index contributed by atoms with van der Waals surface area (Å²) < 4.78 is 14.9. The van der Waals surface area contributed by atoms with Crippen molar-refractivity contribution in [2.75, 3.05) is 13.1 Å². The molecule has 0 unspecified atom stereocenters. The quantitative estimate of drug-likeness (QED) is 0.540. The van der Waals surface area contributed by atoms with Crippen molar-refractivity contribution in [1.29, 1.82) is 0 Å². The van der Waals surface area contributed by atoms with Crippen molar-refractivity contribution in [1.82, 2.24) is 10.2 Å². The number of nitrogens with one attached hydrogen (secondary N) is 1. The molecular weight excluding hydrogens is 467 g/mol. The molecule has 1 aliphatic rings. The lowest BCUT2D eigenvalue weighted by Crippen LogP contribution is -2.46. The van der Waals surface area contributed by atoms with Gasteiger partial charge in [-0.15, -0.1) is 11.3 Å². The van der Waals surface area contributed by atoms with Crippen LogP contribution in [0.3, 0.4) is 0 Å². The predicted octanol–water partition coefficient (Wildman–Crippen LogP) is 5.35. The van der Waals surface area contributed by atoms with Gasteiger partial charge in [-0.25, -0.2) is 4.39 Å². The van der Waals surface area contributed by atoms with Crippen LogP contribution < -0.4 is 5.32 Å². The van der Waals surface area contributed by atoms with Crippen LogP contribution in [0.25, 0.3) is 10.4 Å². The number of amides is 2. The molecule has 30 heavy (non-hydrogen) atoms. The van der Waals surface area contributed by atoms with Crippen LogP contribution in [0.4, 0.5) is 4.39 Å². The molecule has 1 N–H and O–H groups in total. The molecular formula is C23H20BrFN2O2S. The van der Waals surface area contributed by atoms with Gasteiger partial charge >= 0.3 is 0 Å². The Morgan fingerprint density at radius 3 is 2.40 bits per heavy atom. The Hall–Kier alpha value is -2.51. The molecule has 0 saturated carbocycles.